The summed E-state index contributed by atoms with van der Waals surface area (Å²) in [5.41, 5.74) is 10.9. The Bertz CT molecular complexity index is 973. The highest BCUT2D eigenvalue weighted by Gasteiger charge is 2.24. The Morgan fingerprint density at radius 2 is 1.72 bits per heavy atom. The number of benzene rings is 1. The predicted octanol–water partition coefficient (Wildman–Crippen LogP) is 5.36. The van der Waals surface area contributed by atoms with Crippen molar-refractivity contribution in [1.29, 1.82) is 0 Å². The summed E-state index contributed by atoms with van der Waals surface area (Å²) in [7, 11) is 0. The molecule has 0 aromatic heterocycles. The fourth-order valence-electron chi connectivity index (χ4n) is 4.82. The SMILES string of the molecule is CC1=C2CC=CC=C2C(CCCC2=c3ccccc3=C(C)C2C)=C1C. The Balaban J connectivity index is 1.55. The van der Waals surface area contributed by atoms with Gasteiger partial charge in [-0.3, -0.25) is 0 Å². The first-order valence-corrected chi connectivity index (χ1v) is 9.66. The molecule has 0 nitrogen and oxygen atoms in total. The minimum absolute atomic E-state index is 0.600. The van der Waals surface area contributed by atoms with Crippen LogP contribution < -0.4 is 10.4 Å². The van der Waals surface area contributed by atoms with Crippen LogP contribution in [0.3, 0.4) is 0 Å². The highest BCUT2D eigenvalue weighted by atomic mass is 14.3. The zero-order chi connectivity index (χ0) is 17.6. The van der Waals surface area contributed by atoms with Gasteiger partial charge in [-0.1, -0.05) is 60.6 Å². The lowest BCUT2D eigenvalue weighted by atomic mass is 9.90. The van der Waals surface area contributed by atoms with Gasteiger partial charge in [-0.25, -0.2) is 0 Å². The minimum Gasteiger partial charge on any atom is -0.0801 e. The van der Waals surface area contributed by atoms with Gasteiger partial charge in [-0.2, -0.15) is 0 Å². The van der Waals surface area contributed by atoms with E-state index in [1.807, 2.05) is 0 Å². The third-order valence-electron chi connectivity index (χ3n) is 6.58. The lowest BCUT2D eigenvalue weighted by Crippen LogP contribution is -2.22. The van der Waals surface area contributed by atoms with Crippen LogP contribution in [0.2, 0.25) is 0 Å². The Kier molecular flexibility index (Phi) is 4.15. The first-order valence-electron chi connectivity index (χ1n) is 9.66. The van der Waals surface area contributed by atoms with Crippen molar-refractivity contribution in [3.63, 3.8) is 0 Å². The molecule has 4 rings (SSSR count). The molecular formula is C25H28. The summed E-state index contributed by atoms with van der Waals surface area (Å²) < 4.78 is 0. The fourth-order valence-corrected chi connectivity index (χ4v) is 4.82. The topological polar surface area (TPSA) is 0 Å². The molecular weight excluding hydrogens is 300 g/mol. The van der Waals surface area contributed by atoms with Gasteiger partial charge >= 0.3 is 0 Å². The van der Waals surface area contributed by atoms with Crippen molar-refractivity contribution in [2.45, 2.75) is 53.4 Å². The van der Waals surface area contributed by atoms with Crippen molar-refractivity contribution in [1.82, 2.24) is 0 Å². The van der Waals surface area contributed by atoms with Crippen molar-refractivity contribution < 1.29 is 0 Å². The van der Waals surface area contributed by atoms with Gasteiger partial charge in [0.1, 0.15) is 0 Å². The maximum Gasteiger partial charge on any atom is -0.000576 e. The third-order valence-corrected chi connectivity index (χ3v) is 6.58. The van der Waals surface area contributed by atoms with E-state index in [1.165, 1.54) is 46.4 Å². The molecule has 0 saturated heterocycles. The zero-order valence-corrected chi connectivity index (χ0v) is 15.9. The average molecular weight is 328 g/mol. The Labute approximate surface area is 151 Å². The Morgan fingerprint density at radius 1 is 0.960 bits per heavy atom. The molecule has 25 heavy (non-hydrogen) atoms. The van der Waals surface area contributed by atoms with Crippen molar-refractivity contribution in [3.8, 4) is 0 Å². The van der Waals surface area contributed by atoms with Crippen LogP contribution in [0, 0.1) is 5.92 Å². The Hall–Kier alpha value is -2.08. The molecule has 0 bridgehead atoms. The molecule has 0 radical (unpaired) electrons. The van der Waals surface area contributed by atoms with E-state index in [-0.39, 0.29) is 0 Å². The van der Waals surface area contributed by atoms with Crippen LogP contribution in [0.15, 0.2) is 70.4 Å². The molecule has 3 aliphatic rings. The molecule has 0 fully saturated rings. The minimum atomic E-state index is 0.600. The van der Waals surface area contributed by atoms with Crippen LogP contribution in [0.25, 0.3) is 11.1 Å². The molecule has 0 heterocycles. The van der Waals surface area contributed by atoms with Crippen LogP contribution in [-0.4, -0.2) is 0 Å². The van der Waals surface area contributed by atoms with E-state index in [0.29, 0.717) is 5.92 Å². The van der Waals surface area contributed by atoms with E-state index in [2.05, 4.69) is 70.2 Å². The molecule has 1 atom stereocenters. The van der Waals surface area contributed by atoms with E-state index in [4.69, 9.17) is 0 Å². The van der Waals surface area contributed by atoms with Gasteiger partial charge in [0.05, 0.1) is 0 Å². The number of hydrogen-bond acceptors (Lipinski definition) is 0. The van der Waals surface area contributed by atoms with Crippen molar-refractivity contribution in [3.05, 3.63) is 80.8 Å². The van der Waals surface area contributed by atoms with Crippen LogP contribution in [0.5, 0.6) is 0 Å². The molecule has 128 valence electrons. The Morgan fingerprint density at radius 3 is 2.52 bits per heavy atom. The molecule has 0 heteroatoms. The van der Waals surface area contributed by atoms with Gasteiger partial charge < -0.3 is 0 Å². The van der Waals surface area contributed by atoms with Crippen LogP contribution in [0.1, 0.15) is 53.4 Å². The summed E-state index contributed by atoms with van der Waals surface area (Å²) in [5, 5.41) is 2.97. The summed E-state index contributed by atoms with van der Waals surface area (Å²) >= 11 is 0. The highest BCUT2D eigenvalue weighted by molar-refractivity contribution is 5.70. The average Bonchev–Trinajstić information content (AvgIpc) is 3.03. The maximum absolute atomic E-state index is 2.38. The van der Waals surface area contributed by atoms with E-state index in [9.17, 15) is 0 Å². The zero-order valence-electron chi connectivity index (χ0n) is 15.9. The van der Waals surface area contributed by atoms with Crippen molar-refractivity contribution in [2.75, 3.05) is 0 Å². The largest absolute Gasteiger partial charge is 0.0801 e. The van der Waals surface area contributed by atoms with E-state index >= 15 is 0 Å². The summed E-state index contributed by atoms with van der Waals surface area (Å²) in [4.78, 5) is 0. The second-order valence-electron chi connectivity index (χ2n) is 7.75. The van der Waals surface area contributed by atoms with Crippen molar-refractivity contribution >= 4 is 11.1 Å². The quantitative estimate of drug-likeness (QED) is 0.698. The number of fused-ring (bicyclic) bond motifs is 2. The van der Waals surface area contributed by atoms with E-state index < -0.39 is 0 Å². The van der Waals surface area contributed by atoms with Crippen LogP contribution in [0.4, 0.5) is 0 Å². The van der Waals surface area contributed by atoms with Gasteiger partial charge in [0, 0.05) is 0 Å². The number of allylic oxidation sites excluding steroid dienone is 8. The van der Waals surface area contributed by atoms with Gasteiger partial charge in [0.2, 0.25) is 0 Å². The smallest absolute Gasteiger partial charge is 0.000576 e. The van der Waals surface area contributed by atoms with Gasteiger partial charge in [-0.15, -0.1) is 0 Å². The molecule has 1 unspecified atom stereocenters. The molecule has 1 aromatic carbocycles. The van der Waals surface area contributed by atoms with Crippen molar-refractivity contribution in [2.24, 2.45) is 5.92 Å². The van der Waals surface area contributed by atoms with E-state index in [1.54, 1.807) is 22.3 Å². The predicted molar refractivity (Wildman–Crippen MR) is 108 cm³/mol. The molecule has 0 amide bonds. The number of hydrogen-bond donors (Lipinski definition) is 0. The molecule has 0 N–H and O–H groups in total. The monoisotopic (exact) mass is 328 g/mol. The lowest BCUT2D eigenvalue weighted by Gasteiger charge is -2.15. The summed E-state index contributed by atoms with van der Waals surface area (Å²) in [6, 6.07) is 8.96. The first kappa shape index (κ1) is 16.4. The summed E-state index contributed by atoms with van der Waals surface area (Å²) in [6.45, 7) is 9.30. The molecule has 0 saturated carbocycles. The lowest BCUT2D eigenvalue weighted by molar-refractivity contribution is 0.801. The first-order chi connectivity index (χ1) is 12.1. The second kappa shape index (κ2) is 6.33. The highest BCUT2D eigenvalue weighted by Crippen LogP contribution is 2.42. The maximum atomic E-state index is 2.38. The van der Waals surface area contributed by atoms with Gasteiger partial charge in [-0.05, 0) is 90.7 Å². The standard InChI is InChI=1S/C25H28/c1-16-18(3)22(24-12-7-5-10-20(16)24)14-9-15-23-19(4)17(2)21-11-6-8-13-25(21)23/h5-8,10,12-13,18H,9,11,14-15H2,1-4H3. The van der Waals surface area contributed by atoms with Gasteiger partial charge in [0.15, 0.2) is 0 Å². The summed E-state index contributed by atoms with van der Waals surface area (Å²) in [5.74, 6) is 0.600. The van der Waals surface area contributed by atoms with Crippen LogP contribution >= 0.6 is 0 Å². The normalized spacial score (nSPS) is 21.9. The third kappa shape index (κ3) is 2.59. The second-order valence-corrected chi connectivity index (χ2v) is 7.75. The summed E-state index contributed by atoms with van der Waals surface area (Å²) in [6.07, 6.45) is 11.6. The molecule has 0 spiro atoms. The van der Waals surface area contributed by atoms with E-state index in [0.717, 1.165) is 6.42 Å². The van der Waals surface area contributed by atoms with Gasteiger partial charge in [0.25, 0.3) is 0 Å². The number of rotatable bonds is 4. The molecule has 0 aliphatic heterocycles. The molecule has 3 aliphatic carbocycles. The fraction of sp³-hybridized carbons (Fsp3) is 0.360. The molecule has 1 aromatic rings. The van der Waals surface area contributed by atoms with Crippen LogP contribution in [-0.2, 0) is 0 Å².